The highest BCUT2D eigenvalue weighted by atomic mass is 32.1. The second kappa shape index (κ2) is 7.69. The summed E-state index contributed by atoms with van der Waals surface area (Å²) >= 11 is 1.04. The second-order valence-corrected chi connectivity index (χ2v) is 8.14. The molecule has 8 nitrogen and oxygen atoms in total. The number of carbonyl (C=O) groups excluding carboxylic acids is 2. The lowest BCUT2D eigenvalue weighted by Crippen LogP contribution is -2.29. The van der Waals surface area contributed by atoms with Gasteiger partial charge in [-0.1, -0.05) is 29.5 Å². The predicted molar refractivity (Wildman–Crippen MR) is 118 cm³/mol. The van der Waals surface area contributed by atoms with Crippen LogP contribution in [0.25, 0.3) is 11.0 Å². The van der Waals surface area contributed by atoms with Crippen LogP contribution in [0.4, 0.5) is 5.13 Å². The summed E-state index contributed by atoms with van der Waals surface area (Å²) in [6.07, 6.45) is 3.21. The standard InChI is InChI=1S/C23H17N3O5S/c1-3-30-22(29)20-12(2)25-23(32-20)26-17(13-7-6-10-24-11-13)16-18(27)14-8-4-5-9-15(14)31-19(16)21(26)28/h4-11,17H,3H2,1-2H3/t17-/m0/s1. The van der Waals surface area contributed by atoms with Crippen LogP contribution in [-0.4, -0.2) is 28.5 Å². The zero-order valence-electron chi connectivity index (χ0n) is 17.2. The molecule has 1 aliphatic rings. The Morgan fingerprint density at radius 3 is 2.78 bits per heavy atom. The van der Waals surface area contributed by atoms with Gasteiger partial charge < -0.3 is 9.15 Å². The molecule has 0 bridgehead atoms. The maximum Gasteiger partial charge on any atom is 0.350 e. The number of ether oxygens (including phenoxy) is 1. The Bertz CT molecular complexity index is 1430. The van der Waals surface area contributed by atoms with Crippen molar-refractivity contribution in [1.82, 2.24) is 9.97 Å². The summed E-state index contributed by atoms with van der Waals surface area (Å²) in [4.78, 5) is 49.6. The van der Waals surface area contributed by atoms with Gasteiger partial charge in [0.05, 0.1) is 29.3 Å². The third-order valence-corrected chi connectivity index (χ3v) is 6.37. The van der Waals surface area contributed by atoms with Crippen molar-refractivity contribution in [3.05, 3.63) is 86.5 Å². The quantitative estimate of drug-likeness (QED) is 0.438. The minimum atomic E-state index is -0.785. The molecule has 9 heteroatoms. The lowest BCUT2D eigenvalue weighted by atomic mass is 10.0. The van der Waals surface area contributed by atoms with Gasteiger partial charge >= 0.3 is 5.97 Å². The highest BCUT2D eigenvalue weighted by molar-refractivity contribution is 7.17. The van der Waals surface area contributed by atoms with E-state index >= 15 is 0 Å². The molecule has 0 saturated carbocycles. The number of fused-ring (bicyclic) bond motifs is 2. The number of para-hydroxylation sites is 1. The monoisotopic (exact) mass is 447 g/mol. The molecule has 32 heavy (non-hydrogen) atoms. The van der Waals surface area contributed by atoms with E-state index in [4.69, 9.17) is 9.15 Å². The third kappa shape index (κ3) is 3.01. The Morgan fingerprint density at radius 2 is 2.03 bits per heavy atom. The van der Waals surface area contributed by atoms with Crippen molar-refractivity contribution in [2.75, 3.05) is 11.5 Å². The van der Waals surface area contributed by atoms with Crippen LogP contribution in [0.5, 0.6) is 0 Å². The molecule has 0 aliphatic carbocycles. The van der Waals surface area contributed by atoms with E-state index in [1.807, 2.05) is 0 Å². The fourth-order valence-corrected chi connectivity index (χ4v) is 4.83. The number of nitrogens with zero attached hydrogens (tertiary/aromatic N) is 3. The van der Waals surface area contributed by atoms with Gasteiger partial charge in [0.25, 0.3) is 5.91 Å². The van der Waals surface area contributed by atoms with Crippen molar-refractivity contribution in [2.45, 2.75) is 19.9 Å². The molecule has 3 aromatic heterocycles. The van der Waals surface area contributed by atoms with E-state index in [-0.39, 0.29) is 28.5 Å². The van der Waals surface area contributed by atoms with Gasteiger partial charge in [-0.3, -0.25) is 19.5 Å². The van der Waals surface area contributed by atoms with E-state index < -0.39 is 17.9 Å². The minimum Gasteiger partial charge on any atom is -0.462 e. The number of hydrogen-bond acceptors (Lipinski definition) is 8. The van der Waals surface area contributed by atoms with Gasteiger partial charge in [-0.25, -0.2) is 9.78 Å². The first-order valence-electron chi connectivity index (χ1n) is 9.95. The van der Waals surface area contributed by atoms with Crippen LogP contribution in [0.3, 0.4) is 0 Å². The first-order chi connectivity index (χ1) is 15.5. The van der Waals surface area contributed by atoms with Gasteiger partial charge in [-0.2, -0.15) is 0 Å². The summed E-state index contributed by atoms with van der Waals surface area (Å²) in [5.74, 6) is -1.04. The first kappa shape index (κ1) is 20.1. The molecule has 1 aromatic carbocycles. The van der Waals surface area contributed by atoms with Crippen LogP contribution in [0.1, 0.15) is 50.0 Å². The number of carbonyl (C=O) groups is 2. The smallest absolute Gasteiger partial charge is 0.350 e. The number of aromatic nitrogens is 2. The van der Waals surface area contributed by atoms with Crippen LogP contribution >= 0.6 is 11.3 Å². The molecule has 1 atom stereocenters. The molecule has 0 unspecified atom stereocenters. The van der Waals surface area contributed by atoms with Crippen molar-refractivity contribution >= 4 is 39.3 Å². The van der Waals surface area contributed by atoms with E-state index in [1.165, 1.54) is 4.90 Å². The van der Waals surface area contributed by atoms with Gasteiger partial charge in [0.15, 0.2) is 10.6 Å². The topological polar surface area (TPSA) is 103 Å². The van der Waals surface area contributed by atoms with Crippen molar-refractivity contribution in [3.8, 4) is 0 Å². The van der Waals surface area contributed by atoms with E-state index in [0.717, 1.165) is 11.3 Å². The molecule has 160 valence electrons. The van der Waals surface area contributed by atoms with Crippen LogP contribution in [0.15, 0.2) is 58.0 Å². The number of rotatable bonds is 4. The van der Waals surface area contributed by atoms with Gasteiger partial charge in [0.1, 0.15) is 10.5 Å². The highest BCUT2D eigenvalue weighted by Gasteiger charge is 2.45. The number of pyridine rings is 1. The summed E-state index contributed by atoms with van der Waals surface area (Å²) in [5.41, 5.74) is 1.35. The number of amides is 1. The summed E-state index contributed by atoms with van der Waals surface area (Å²) in [7, 11) is 0. The predicted octanol–water partition coefficient (Wildman–Crippen LogP) is 3.88. The molecule has 0 spiro atoms. The number of hydrogen-bond donors (Lipinski definition) is 0. The normalized spacial score (nSPS) is 15.2. The zero-order chi connectivity index (χ0) is 22.4. The molecule has 0 fully saturated rings. The number of benzene rings is 1. The maximum absolute atomic E-state index is 13.5. The molecule has 1 aliphatic heterocycles. The lowest BCUT2D eigenvalue weighted by molar-refractivity contribution is 0.0531. The van der Waals surface area contributed by atoms with E-state index in [2.05, 4.69) is 9.97 Å². The van der Waals surface area contributed by atoms with Gasteiger partial charge in [0, 0.05) is 12.4 Å². The Hall–Kier alpha value is -3.85. The number of aryl methyl sites for hydroxylation is 1. The fourth-order valence-electron chi connectivity index (χ4n) is 3.84. The molecule has 0 radical (unpaired) electrons. The van der Waals surface area contributed by atoms with Crippen molar-refractivity contribution in [1.29, 1.82) is 0 Å². The van der Waals surface area contributed by atoms with Crippen LogP contribution in [0, 0.1) is 6.92 Å². The van der Waals surface area contributed by atoms with Gasteiger partial charge in [0.2, 0.25) is 5.76 Å². The second-order valence-electron chi connectivity index (χ2n) is 7.17. The van der Waals surface area contributed by atoms with E-state index in [1.54, 1.807) is 62.6 Å². The molecule has 1 amide bonds. The first-order valence-corrected chi connectivity index (χ1v) is 10.8. The average molecular weight is 447 g/mol. The average Bonchev–Trinajstić information content (AvgIpc) is 3.32. The van der Waals surface area contributed by atoms with Crippen LogP contribution in [-0.2, 0) is 4.74 Å². The Morgan fingerprint density at radius 1 is 1.22 bits per heavy atom. The number of thiazole rings is 1. The molecule has 4 heterocycles. The van der Waals surface area contributed by atoms with E-state index in [0.29, 0.717) is 27.1 Å². The van der Waals surface area contributed by atoms with Crippen molar-refractivity contribution in [2.24, 2.45) is 0 Å². The molecular formula is C23H17N3O5S. The van der Waals surface area contributed by atoms with Gasteiger partial charge in [-0.15, -0.1) is 0 Å². The summed E-state index contributed by atoms with van der Waals surface area (Å²) in [5, 5.41) is 0.664. The molecule has 0 N–H and O–H groups in total. The van der Waals surface area contributed by atoms with E-state index in [9.17, 15) is 14.4 Å². The van der Waals surface area contributed by atoms with Crippen LogP contribution in [0.2, 0.25) is 0 Å². The minimum absolute atomic E-state index is 0.0342. The lowest BCUT2D eigenvalue weighted by Gasteiger charge is -2.22. The Balaban J connectivity index is 1.74. The largest absolute Gasteiger partial charge is 0.462 e. The van der Waals surface area contributed by atoms with Crippen molar-refractivity contribution < 1.29 is 18.7 Å². The van der Waals surface area contributed by atoms with Crippen LogP contribution < -0.4 is 10.3 Å². The zero-order valence-corrected chi connectivity index (χ0v) is 18.0. The SMILES string of the molecule is CCOC(=O)c1sc(N2C(=O)c3oc4ccccc4c(=O)c3[C@@H]2c2cccnc2)nc1C. The van der Waals surface area contributed by atoms with Crippen molar-refractivity contribution in [3.63, 3.8) is 0 Å². The number of anilines is 1. The Kier molecular flexibility index (Phi) is 4.82. The molecular weight excluding hydrogens is 430 g/mol. The Labute approximate surface area is 186 Å². The highest BCUT2D eigenvalue weighted by Crippen LogP contribution is 2.42. The maximum atomic E-state index is 13.5. The number of esters is 1. The molecule has 4 aromatic rings. The summed E-state index contributed by atoms with van der Waals surface area (Å²) in [6.45, 7) is 3.62. The van der Waals surface area contributed by atoms with Gasteiger partial charge in [-0.05, 0) is 37.6 Å². The third-order valence-electron chi connectivity index (χ3n) is 5.23. The summed E-state index contributed by atoms with van der Waals surface area (Å²) in [6, 6.07) is 9.54. The molecule has 0 saturated heterocycles. The fraction of sp³-hybridized carbons (Fsp3) is 0.174. The molecule has 5 rings (SSSR count). The summed E-state index contributed by atoms with van der Waals surface area (Å²) < 4.78 is 11.0.